The highest BCUT2D eigenvalue weighted by molar-refractivity contribution is 5.95. The molecule has 3 rings (SSSR count). The molecule has 0 N–H and O–H groups in total. The van der Waals surface area contributed by atoms with Crippen LogP contribution in [0, 0.1) is 10.1 Å². The standard InChI is InChI=1S/C15H13NO4/c17-15-13-7-2-1-6-12(13)14(20-15)9-10-4-3-5-11(8-10)16(18)19/h3-5,8-9H,1-2,6-7H2. The van der Waals surface area contributed by atoms with Gasteiger partial charge in [-0.15, -0.1) is 0 Å². The van der Waals surface area contributed by atoms with Crippen molar-refractivity contribution in [2.75, 3.05) is 0 Å². The Morgan fingerprint density at radius 3 is 2.70 bits per heavy atom. The molecule has 1 aliphatic carbocycles. The molecule has 1 aliphatic heterocycles. The number of cyclic esters (lactones) is 1. The summed E-state index contributed by atoms with van der Waals surface area (Å²) in [4.78, 5) is 22.1. The molecule has 1 aromatic carbocycles. The number of non-ortho nitro benzene ring substituents is 1. The summed E-state index contributed by atoms with van der Waals surface area (Å²) in [5.74, 6) is 0.279. The maximum Gasteiger partial charge on any atom is 0.339 e. The van der Waals surface area contributed by atoms with E-state index in [1.54, 1.807) is 18.2 Å². The number of carbonyl (C=O) groups excluding carboxylic acids is 1. The molecule has 0 amide bonds. The predicted octanol–water partition coefficient (Wildman–Crippen LogP) is 3.36. The predicted molar refractivity (Wildman–Crippen MR) is 72.7 cm³/mol. The zero-order valence-electron chi connectivity index (χ0n) is 10.8. The molecule has 1 heterocycles. The summed E-state index contributed by atoms with van der Waals surface area (Å²) in [6.07, 6.45) is 5.36. The Bertz CT molecular complexity index is 658. The molecule has 102 valence electrons. The van der Waals surface area contributed by atoms with Crippen LogP contribution < -0.4 is 0 Å². The summed E-state index contributed by atoms with van der Waals surface area (Å²) in [5.41, 5.74) is 2.43. The molecule has 0 spiro atoms. The molecule has 5 nitrogen and oxygen atoms in total. The van der Waals surface area contributed by atoms with Gasteiger partial charge in [-0.2, -0.15) is 0 Å². The second-order valence-corrected chi connectivity index (χ2v) is 4.91. The van der Waals surface area contributed by atoms with Gasteiger partial charge in [0.15, 0.2) is 0 Å². The molecule has 5 heteroatoms. The molecule has 20 heavy (non-hydrogen) atoms. The second-order valence-electron chi connectivity index (χ2n) is 4.91. The van der Waals surface area contributed by atoms with Crippen LogP contribution in [0.5, 0.6) is 0 Å². The monoisotopic (exact) mass is 271 g/mol. The number of nitrogens with zero attached hydrogens (tertiary/aromatic N) is 1. The molecule has 0 saturated carbocycles. The van der Waals surface area contributed by atoms with Crippen molar-refractivity contribution in [1.29, 1.82) is 0 Å². The van der Waals surface area contributed by atoms with E-state index in [0.29, 0.717) is 11.3 Å². The Balaban J connectivity index is 1.97. The summed E-state index contributed by atoms with van der Waals surface area (Å²) < 4.78 is 5.29. The average molecular weight is 271 g/mol. The molecule has 0 atom stereocenters. The van der Waals surface area contributed by atoms with Crippen molar-refractivity contribution in [3.05, 3.63) is 56.8 Å². The van der Waals surface area contributed by atoms with E-state index >= 15 is 0 Å². The number of rotatable bonds is 2. The van der Waals surface area contributed by atoms with Crippen LogP contribution >= 0.6 is 0 Å². The highest BCUT2D eigenvalue weighted by atomic mass is 16.6. The van der Waals surface area contributed by atoms with E-state index in [1.807, 2.05) is 0 Å². The van der Waals surface area contributed by atoms with Crippen LogP contribution in [-0.4, -0.2) is 10.9 Å². The molecule has 0 bridgehead atoms. The summed E-state index contributed by atoms with van der Waals surface area (Å²) in [6, 6.07) is 6.29. The largest absolute Gasteiger partial charge is 0.423 e. The number of allylic oxidation sites excluding steroid dienone is 1. The van der Waals surface area contributed by atoms with Crippen molar-refractivity contribution in [3.63, 3.8) is 0 Å². The van der Waals surface area contributed by atoms with Gasteiger partial charge in [0.25, 0.3) is 5.69 Å². The van der Waals surface area contributed by atoms with Gasteiger partial charge in [-0.1, -0.05) is 12.1 Å². The normalized spacial score (nSPS) is 20.0. The lowest BCUT2D eigenvalue weighted by Crippen LogP contribution is -2.01. The number of hydrogen-bond donors (Lipinski definition) is 0. The number of nitro benzene ring substituents is 1. The van der Waals surface area contributed by atoms with Crippen LogP contribution in [-0.2, 0) is 9.53 Å². The van der Waals surface area contributed by atoms with E-state index < -0.39 is 4.92 Å². The number of hydrogen-bond acceptors (Lipinski definition) is 4. The molecule has 0 aromatic heterocycles. The van der Waals surface area contributed by atoms with Crippen molar-refractivity contribution in [2.45, 2.75) is 25.7 Å². The van der Waals surface area contributed by atoms with Gasteiger partial charge in [-0.3, -0.25) is 10.1 Å². The first-order chi connectivity index (χ1) is 9.65. The minimum absolute atomic E-state index is 0.0292. The second kappa shape index (κ2) is 4.92. The minimum Gasteiger partial charge on any atom is -0.423 e. The van der Waals surface area contributed by atoms with Crippen LogP contribution in [0.4, 0.5) is 5.69 Å². The lowest BCUT2D eigenvalue weighted by molar-refractivity contribution is -0.384. The number of benzene rings is 1. The van der Waals surface area contributed by atoms with Gasteiger partial charge in [0.1, 0.15) is 5.76 Å². The molecule has 2 aliphatic rings. The summed E-state index contributed by atoms with van der Waals surface area (Å²) in [6.45, 7) is 0. The zero-order valence-corrected chi connectivity index (χ0v) is 10.8. The smallest absolute Gasteiger partial charge is 0.339 e. The Labute approximate surface area is 115 Å². The molecular formula is C15H13NO4. The Morgan fingerprint density at radius 1 is 1.20 bits per heavy atom. The quantitative estimate of drug-likeness (QED) is 0.470. The first-order valence-electron chi connectivity index (χ1n) is 6.56. The van der Waals surface area contributed by atoms with Gasteiger partial charge in [-0.25, -0.2) is 4.79 Å². The van der Waals surface area contributed by atoms with Crippen LogP contribution in [0.25, 0.3) is 6.08 Å². The molecule has 1 aromatic rings. The van der Waals surface area contributed by atoms with E-state index in [9.17, 15) is 14.9 Å². The zero-order chi connectivity index (χ0) is 14.1. The van der Waals surface area contributed by atoms with Crippen LogP contribution in [0.1, 0.15) is 31.2 Å². The third kappa shape index (κ3) is 2.22. The third-order valence-corrected chi connectivity index (χ3v) is 3.59. The first-order valence-corrected chi connectivity index (χ1v) is 6.56. The molecule has 0 radical (unpaired) electrons. The number of ether oxygens (including phenoxy) is 1. The number of esters is 1. The Hall–Kier alpha value is -2.43. The van der Waals surface area contributed by atoms with Crippen molar-refractivity contribution in [3.8, 4) is 0 Å². The van der Waals surface area contributed by atoms with Gasteiger partial charge in [0, 0.05) is 23.3 Å². The van der Waals surface area contributed by atoms with Gasteiger partial charge >= 0.3 is 5.97 Å². The molecule has 0 saturated heterocycles. The lowest BCUT2D eigenvalue weighted by Gasteiger charge is -2.10. The van der Waals surface area contributed by atoms with Gasteiger partial charge in [0.05, 0.1) is 4.92 Å². The highest BCUT2D eigenvalue weighted by Crippen LogP contribution is 2.37. The van der Waals surface area contributed by atoms with Crippen LogP contribution in [0.3, 0.4) is 0 Å². The number of carbonyl (C=O) groups is 1. The average Bonchev–Trinajstić information content (AvgIpc) is 2.76. The van der Waals surface area contributed by atoms with Crippen molar-refractivity contribution >= 4 is 17.7 Å². The fourth-order valence-corrected chi connectivity index (χ4v) is 2.62. The topological polar surface area (TPSA) is 69.4 Å². The van der Waals surface area contributed by atoms with Crippen molar-refractivity contribution in [1.82, 2.24) is 0 Å². The molecular weight excluding hydrogens is 258 g/mol. The number of nitro groups is 1. The Morgan fingerprint density at radius 2 is 1.95 bits per heavy atom. The van der Waals surface area contributed by atoms with E-state index in [1.165, 1.54) is 12.1 Å². The summed E-state index contributed by atoms with van der Waals surface area (Å²) in [5, 5.41) is 10.8. The molecule has 0 unspecified atom stereocenters. The van der Waals surface area contributed by atoms with Crippen molar-refractivity contribution in [2.24, 2.45) is 0 Å². The highest BCUT2D eigenvalue weighted by Gasteiger charge is 2.31. The van der Waals surface area contributed by atoms with Crippen molar-refractivity contribution < 1.29 is 14.5 Å². The Kier molecular flexibility index (Phi) is 3.10. The third-order valence-electron chi connectivity index (χ3n) is 3.59. The van der Waals surface area contributed by atoms with Crippen LogP contribution in [0.2, 0.25) is 0 Å². The van der Waals surface area contributed by atoms with Gasteiger partial charge in [0.2, 0.25) is 0 Å². The van der Waals surface area contributed by atoms with E-state index in [4.69, 9.17) is 4.74 Å². The minimum atomic E-state index is -0.437. The fourth-order valence-electron chi connectivity index (χ4n) is 2.62. The van der Waals surface area contributed by atoms with Crippen LogP contribution in [0.15, 0.2) is 41.2 Å². The van der Waals surface area contributed by atoms with E-state index in [-0.39, 0.29) is 11.7 Å². The summed E-state index contributed by atoms with van der Waals surface area (Å²) >= 11 is 0. The van der Waals surface area contributed by atoms with E-state index in [0.717, 1.165) is 36.8 Å². The summed E-state index contributed by atoms with van der Waals surface area (Å²) in [7, 11) is 0. The first kappa shape index (κ1) is 12.6. The van der Waals surface area contributed by atoms with E-state index in [2.05, 4.69) is 0 Å². The van der Waals surface area contributed by atoms with Gasteiger partial charge < -0.3 is 4.74 Å². The maximum atomic E-state index is 11.8. The van der Waals surface area contributed by atoms with Gasteiger partial charge in [-0.05, 0) is 37.3 Å². The lowest BCUT2D eigenvalue weighted by atomic mass is 9.92. The molecule has 0 fully saturated rings. The maximum absolute atomic E-state index is 11.8. The SMILES string of the molecule is O=C1OC(=Cc2cccc([N+](=O)[O-])c2)C2=C1CCCC2. The fraction of sp³-hybridized carbons (Fsp3) is 0.267.